The first-order valence-corrected chi connectivity index (χ1v) is 12.8. The third-order valence-electron chi connectivity index (χ3n) is 7.07. The molecule has 1 aliphatic rings. The Morgan fingerprint density at radius 3 is 2.55 bits per heavy atom. The first-order valence-electron chi connectivity index (χ1n) is 12.8. The average Bonchev–Trinajstić information content (AvgIpc) is 3.42. The highest BCUT2D eigenvalue weighted by Gasteiger charge is 2.33. The number of hydrogen-bond acceptors (Lipinski definition) is 8. The molecule has 10 nitrogen and oxygen atoms in total. The van der Waals surface area contributed by atoms with E-state index in [2.05, 4.69) is 20.1 Å². The van der Waals surface area contributed by atoms with E-state index < -0.39 is 29.6 Å². The summed E-state index contributed by atoms with van der Waals surface area (Å²) in [6.07, 6.45) is 3.98. The molecule has 0 spiro atoms. The summed E-state index contributed by atoms with van der Waals surface area (Å²) in [5.41, 5.74) is 2.32. The summed E-state index contributed by atoms with van der Waals surface area (Å²) in [5, 5.41) is 21.8. The monoisotopic (exact) mass is 557 g/mol. The van der Waals surface area contributed by atoms with Gasteiger partial charge in [0, 0.05) is 49.1 Å². The maximum Gasteiger partial charge on any atom is 0.243 e. The quantitative estimate of drug-likeness (QED) is 0.329. The lowest BCUT2D eigenvalue weighted by Crippen LogP contribution is -2.55. The summed E-state index contributed by atoms with van der Waals surface area (Å²) in [6.45, 7) is 1.60. The van der Waals surface area contributed by atoms with E-state index in [9.17, 15) is 24.1 Å². The Morgan fingerprint density at radius 1 is 1.17 bits per heavy atom. The normalized spacial score (nSPS) is 16.2. The highest BCUT2D eigenvalue weighted by molar-refractivity contribution is 6.56. The lowest BCUT2D eigenvalue weighted by molar-refractivity contribution is -0.136. The second-order valence-electron chi connectivity index (χ2n) is 9.96. The van der Waals surface area contributed by atoms with Crippen LogP contribution in [0.5, 0.6) is 0 Å². The smallest absolute Gasteiger partial charge is 0.243 e. The number of fused-ring (bicyclic) bond motifs is 1. The molecular weight excluding hydrogens is 537 g/mol. The van der Waals surface area contributed by atoms with Crippen LogP contribution in [0.3, 0.4) is 0 Å². The Morgan fingerprint density at radius 2 is 1.93 bits per heavy atom. The minimum Gasteiger partial charge on any atom is -0.352 e. The lowest BCUT2D eigenvalue weighted by atomic mass is 9.49. The maximum atomic E-state index is 14.3. The number of carbonyl (C=O) groups excluding carboxylic acids is 1. The molecule has 42 heavy (non-hydrogen) atoms. The van der Waals surface area contributed by atoms with Crippen molar-refractivity contribution in [2.75, 3.05) is 31.2 Å². The van der Waals surface area contributed by atoms with Gasteiger partial charge in [-0.05, 0) is 29.9 Å². The van der Waals surface area contributed by atoms with Gasteiger partial charge in [0.2, 0.25) is 5.91 Å². The van der Waals surface area contributed by atoms with E-state index in [4.69, 9.17) is 23.5 Å². The topological polar surface area (TPSA) is 128 Å². The molecule has 0 saturated carbocycles. The molecule has 4 aromatic rings. The van der Waals surface area contributed by atoms with Crippen molar-refractivity contribution in [1.29, 1.82) is 10.5 Å². The van der Waals surface area contributed by atoms with E-state index >= 15 is 0 Å². The van der Waals surface area contributed by atoms with Gasteiger partial charge >= 0.3 is 0 Å². The van der Waals surface area contributed by atoms with Gasteiger partial charge in [-0.3, -0.25) is 14.5 Å². The molecule has 1 aliphatic heterocycles. The number of rotatable bonds is 6. The fourth-order valence-corrected chi connectivity index (χ4v) is 5.12. The summed E-state index contributed by atoms with van der Waals surface area (Å²) in [6, 6.07) is 9.60. The number of nitriles is 2. The van der Waals surface area contributed by atoms with E-state index in [0.29, 0.717) is 52.2 Å². The number of benzene rings is 1. The first-order chi connectivity index (χ1) is 20.1. The van der Waals surface area contributed by atoms with Crippen molar-refractivity contribution in [3.05, 3.63) is 54.5 Å². The number of piperazine rings is 1. The fourth-order valence-electron chi connectivity index (χ4n) is 5.12. The van der Waals surface area contributed by atoms with Crippen LogP contribution in [0.4, 0.5) is 14.6 Å². The van der Waals surface area contributed by atoms with Gasteiger partial charge in [-0.25, -0.2) is 18.7 Å². The van der Waals surface area contributed by atoms with Crippen molar-refractivity contribution in [3.8, 4) is 34.5 Å². The second-order valence-corrected chi connectivity index (χ2v) is 9.96. The number of nitrogens with zero attached hydrogens (tertiary/aromatic N) is 9. The fraction of sp³-hybridized carbons (Fsp3) is 0.296. The third-order valence-corrected chi connectivity index (χ3v) is 7.07. The Hall–Kier alpha value is -4.78. The standard InChI is InChI=1S/C27H20B3F2N9O/c1-15-13-39(4-5-40(15)26(42)17(8-31)9-33)25-23-20(16-6-18(32)12-35-11-16)2-3-21(24(23)36-14-37-25)22-7-19(10-34)41(38-22)27(28,29)30/h2-3,6-7,11-12,14-15,17H,4-5,8,13H2,1H3. The second kappa shape index (κ2) is 11.2. The SMILES string of the molecule is [B]C([B])([B])n1nc(-c2ccc(-c3cncc(F)c3)c3c(N4CCN(C(=O)C(C#N)CF)C(C)C4)ncnc23)cc1C#N. The van der Waals surface area contributed by atoms with Gasteiger partial charge in [-0.15, -0.1) is 0 Å². The van der Waals surface area contributed by atoms with Crippen molar-refractivity contribution < 1.29 is 13.6 Å². The summed E-state index contributed by atoms with van der Waals surface area (Å²) in [7, 11) is 17.5. The Kier molecular flexibility index (Phi) is 7.69. The van der Waals surface area contributed by atoms with E-state index in [-0.39, 0.29) is 18.3 Å². The van der Waals surface area contributed by atoms with Crippen molar-refractivity contribution in [2.45, 2.75) is 18.2 Å². The number of aromatic nitrogens is 5. The van der Waals surface area contributed by atoms with Crippen molar-refractivity contribution >= 4 is 46.2 Å². The summed E-state index contributed by atoms with van der Waals surface area (Å²) >= 11 is 0. The van der Waals surface area contributed by atoms with E-state index in [1.54, 1.807) is 25.1 Å². The van der Waals surface area contributed by atoms with Gasteiger partial charge in [0.15, 0.2) is 5.92 Å². The van der Waals surface area contributed by atoms with E-state index in [1.807, 2.05) is 11.0 Å². The molecule has 2 unspecified atom stereocenters. The zero-order valence-electron chi connectivity index (χ0n) is 22.4. The van der Waals surface area contributed by atoms with E-state index in [1.165, 1.54) is 29.6 Å². The summed E-state index contributed by atoms with van der Waals surface area (Å²) in [5.74, 6) is -1.96. The predicted molar refractivity (Wildman–Crippen MR) is 152 cm³/mol. The van der Waals surface area contributed by atoms with Crippen molar-refractivity contribution in [1.82, 2.24) is 29.6 Å². The molecule has 202 valence electrons. The molecule has 0 bridgehead atoms. The van der Waals surface area contributed by atoms with Crippen LogP contribution in [0.2, 0.25) is 0 Å². The summed E-state index contributed by atoms with van der Waals surface area (Å²) in [4.78, 5) is 29.3. The molecular formula is C27H20B3F2N9O. The molecule has 1 saturated heterocycles. The molecule has 3 aromatic heterocycles. The predicted octanol–water partition coefficient (Wildman–Crippen LogP) is 1.79. The highest BCUT2D eigenvalue weighted by Crippen LogP contribution is 2.39. The molecule has 2 atom stereocenters. The molecule has 6 radical (unpaired) electrons. The van der Waals surface area contributed by atoms with Crippen molar-refractivity contribution in [2.24, 2.45) is 5.92 Å². The Balaban J connectivity index is 1.66. The third kappa shape index (κ3) is 5.18. The van der Waals surface area contributed by atoms with Crippen LogP contribution < -0.4 is 4.90 Å². The summed E-state index contributed by atoms with van der Waals surface area (Å²) < 4.78 is 28.5. The van der Waals surface area contributed by atoms with Crippen LogP contribution >= 0.6 is 0 Å². The highest BCUT2D eigenvalue weighted by atomic mass is 19.1. The first kappa shape index (κ1) is 28.7. The molecule has 5 rings (SSSR count). The van der Waals surface area contributed by atoms with Crippen LogP contribution in [0.1, 0.15) is 12.6 Å². The van der Waals surface area contributed by atoms with Crippen LogP contribution in [-0.4, -0.2) is 91.4 Å². The van der Waals surface area contributed by atoms with Gasteiger partial charge in [0.1, 0.15) is 36.4 Å². The lowest BCUT2D eigenvalue weighted by Gasteiger charge is -2.41. The van der Waals surface area contributed by atoms with Gasteiger partial charge in [0.25, 0.3) is 0 Å². The van der Waals surface area contributed by atoms with Crippen LogP contribution in [0.25, 0.3) is 33.3 Å². The largest absolute Gasteiger partial charge is 0.352 e. The molecule has 1 fully saturated rings. The minimum absolute atomic E-state index is 0.0249. The Labute approximate surface area is 244 Å². The molecule has 1 amide bonds. The average molecular weight is 557 g/mol. The molecule has 15 heteroatoms. The Bertz CT molecular complexity index is 1760. The molecule has 0 N–H and O–H groups in total. The van der Waals surface area contributed by atoms with Crippen LogP contribution in [0.15, 0.2) is 43.0 Å². The van der Waals surface area contributed by atoms with Crippen LogP contribution in [0, 0.1) is 34.4 Å². The van der Waals surface area contributed by atoms with E-state index in [0.717, 1.165) is 10.9 Å². The zero-order chi connectivity index (χ0) is 30.2. The molecule has 1 aromatic carbocycles. The maximum absolute atomic E-state index is 14.3. The number of hydrogen-bond donors (Lipinski definition) is 0. The van der Waals surface area contributed by atoms with Crippen molar-refractivity contribution in [3.63, 3.8) is 0 Å². The number of halogens is 2. The van der Waals surface area contributed by atoms with Gasteiger partial charge in [0.05, 0.1) is 52.4 Å². The number of pyridine rings is 1. The molecule has 4 heterocycles. The van der Waals surface area contributed by atoms with Crippen LogP contribution in [-0.2, 0) is 10.0 Å². The van der Waals surface area contributed by atoms with Gasteiger partial charge in [-0.2, -0.15) is 15.6 Å². The zero-order valence-corrected chi connectivity index (χ0v) is 22.4. The number of carbonyl (C=O) groups is 1. The minimum atomic E-state index is -1.94. The molecule has 0 aliphatic carbocycles. The van der Waals surface area contributed by atoms with Gasteiger partial charge < -0.3 is 9.80 Å². The number of alkyl halides is 1. The van der Waals surface area contributed by atoms with Gasteiger partial charge in [-0.1, -0.05) is 6.07 Å². The number of anilines is 1. The number of amides is 1.